The van der Waals surface area contributed by atoms with Crippen molar-refractivity contribution in [2.24, 2.45) is 17.6 Å². The Balaban J connectivity index is 1.72. The first-order chi connectivity index (χ1) is 6.24. The van der Waals surface area contributed by atoms with Crippen molar-refractivity contribution in [1.82, 2.24) is 4.90 Å². The number of rotatable bonds is 2. The van der Waals surface area contributed by atoms with Crippen LogP contribution < -0.4 is 5.73 Å². The maximum atomic E-state index is 5.89. The monoisotopic (exact) mass is 182 g/mol. The Kier molecular flexibility index (Phi) is 2.89. The zero-order valence-electron chi connectivity index (χ0n) is 8.71. The van der Waals surface area contributed by atoms with Gasteiger partial charge in [0.25, 0.3) is 0 Å². The van der Waals surface area contributed by atoms with Crippen molar-refractivity contribution in [3.05, 3.63) is 0 Å². The van der Waals surface area contributed by atoms with Gasteiger partial charge in [-0.2, -0.15) is 0 Å². The van der Waals surface area contributed by atoms with Gasteiger partial charge in [-0.3, -0.25) is 0 Å². The van der Waals surface area contributed by atoms with E-state index in [0.29, 0.717) is 6.04 Å². The molecule has 0 aromatic rings. The highest BCUT2D eigenvalue weighted by molar-refractivity contribution is 4.82. The smallest absolute Gasteiger partial charge is 0.0180 e. The van der Waals surface area contributed by atoms with Crippen LogP contribution >= 0.6 is 0 Å². The molecule has 2 fully saturated rings. The van der Waals surface area contributed by atoms with Gasteiger partial charge in [-0.15, -0.1) is 0 Å². The maximum absolute atomic E-state index is 5.89. The summed E-state index contributed by atoms with van der Waals surface area (Å²) >= 11 is 0. The Morgan fingerprint density at radius 2 is 2.15 bits per heavy atom. The van der Waals surface area contributed by atoms with Crippen LogP contribution in [0.25, 0.3) is 0 Å². The first kappa shape index (κ1) is 9.47. The number of hydrogen-bond donors (Lipinski definition) is 1. The van der Waals surface area contributed by atoms with E-state index in [2.05, 4.69) is 11.8 Å². The molecule has 2 nitrogen and oxygen atoms in total. The van der Waals surface area contributed by atoms with Crippen molar-refractivity contribution in [2.75, 3.05) is 19.6 Å². The van der Waals surface area contributed by atoms with Crippen LogP contribution in [0.2, 0.25) is 0 Å². The van der Waals surface area contributed by atoms with Gasteiger partial charge in [-0.25, -0.2) is 0 Å². The minimum absolute atomic E-state index is 0.457. The van der Waals surface area contributed by atoms with Gasteiger partial charge in [0.2, 0.25) is 0 Å². The molecule has 0 bridgehead atoms. The molecule has 0 radical (unpaired) electrons. The van der Waals surface area contributed by atoms with Gasteiger partial charge >= 0.3 is 0 Å². The number of nitrogens with zero attached hydrogens (tertiary/aromatic N) is 1. The molecule has 2 heteroatoms. The standard InChI is InChI=1S/C11H22N2/c1-9-2-3-10(6-9)7-13-5-4-11(12)8-13/h9-11H,2-8,12H2,1H3. The van der Waals surface area contributed by atoms with E-state index in [4.69, 9.17) is 5.73 Å². The fourth-order valence-electron chi connectivity index (χ4n) is 2.88. The third-order valence-electron chi connectivity index (χ3n) is 3.63. The number of likely N-dealkylation sites (tertiary alicyclic amines) is 1. The fraction of sp³-hybridized carbons (Fsp3) is 1.00. The van der Waals surface area contributed by atoms with E-state index < -0.39 is 0 Å². The van der Waals surface area contributed by atoms with Crippen LogP contribution in [0.1, 0.15) is 32.6 Å². The second-order valence-electron chi connectivity index (χ2n) is 5.09. The van der Waals surface area contributed by atoms with Crippen molar-refractivity contribution in [3.8, 4) is 0 Å². The minimum Gasteiger partial charge on any atom is -0.326 e. The summed E-state index contributed by atoms with van der Waals surface area (Å²) in [5.74, 6) is 1.95. The summed E-state index contributed by atoms with van der Waals surface area (Å²) < 4.78 is 0. The number of nitrogens with two attached hydrogens (primary N) is 1. The molecule has 1 aliphatic carbocycles. The highest BCUT2D eigenvalue weighted by atomic mass is 15.2. The topological polar surface area (TPSA) is 29.3 Å². The third kappa shape index (κ3) is 2.44. The second kappa shape index (κ2) is 3.97. The van der Waals surface area contributed by atoms with Crippen molar-refractivity contribution in [1.29, 1.82) is 0 Å². The molecule has 1 heterocycles. The van der Waals surface area contributed by atoms with Gasteiger partial charge in [0.1, 0.15) is 0 Å². The quantitative estimate of drug-likeness (QED) is 0.700. The predicted molar refractivity (Wildman–Crippen MR) is 55.5 cm³/mol. The second-order valence-corrected chi connectivity index (χ2v) is 5.09. The first-order valence-corrected chi connectivity index (χ1v) is 5.72. The summed E-state index contributed by atoms with van der Waals surface area (Å²) in [6, 6.07) is 0.457. The zero-order chi connectivity index (χ0) is 9.26. The fourth-order valence-corrected chi connectivity index (χ4v) is 2.88. The van der Waals surface area contributed by atoms with Crippen molar-refractivity contribution in [2.45, 2.75) is 38.6 Å². The van der Waals surface area contributed by atoms with E-state index in [9.17, 15) is 0 Å². The minimum atomic E-state index is 0.457. The average molecular weight is 182 g/mol. The molecule has 2 N–H and O–H groups in total. The Labute approximate surface area is 81.5 Å². The maximum Gasteiger partial charge on any atom is 0.0180 e. The highest BCUT2D eigenvalue weighted by Gasteiger charge is 2.26. The Hall–Kier alpha value is -0.0800. The average Bonchev–Trinajstić information content (AvgIpc) is 2.62. The van der Waals surface area contributed by atoms with Crippen molar-refractivity contribution in [3.63, 3.8) is 0 Å². The number of hydrogen-bond acceptors (Lipinski definition) is 2. The van der Waals surface area contributed by atoms with Crippen molar-refractivity contribution < 1.29 is 0 Å². The summed E-state index contributed by atoms with van der Waals surface area (Å²) in [6.07, 6.45) is 5.56. The molecule has 1 saturated heterocycles. The first-order valence-electron chi connectivity index (χ1n) is 5.72. The lowest BCUT2D eigenvalue weighted by molar-refractivity contribution is 0.274. The van der Waals surface area contributed by atoms with Crippen LogP contribution in [0.3, 0.4) is 0 Å². The molecule has 2 aliphatic rings. The van der Waals surface area contributed by atoms with Gasteiger partial charge in [-0.05, 0) is 37.6 Å². The van der Waals surface area contributed by atoms with E-state index in [0.717, 1.165) is 18.4 Å². The summed E-state index contributed by atoms with van der Waals surface area (Å²) in [5, 5.41) is 0. The molecule has 1 saturated carbocycles. The van der Waals surface area contributed by atoms with Gasteiger partial charge < -0.3 is 10.6 Å². The van der Waals surface area contributed by atoms with E-state index in [-0.39, 0.29) is 0 Å². The summed E-state index contributed by atoms with van der Waals surface area (Å²) in [4.78, 5) is 2.56. The van der Waals surface area contributed by atoms with Gasteiger partial charge in [0, 0.05) is 19.1 Å². The molecule has 2 rings (SSSR count). The molecule has 1 aliphatic heterocycles. The summed E-state index contributed by atoms with van der Waals surface area (Å²) in [6.45, 7) is 6.09. The molecular formula is C11H22N2. The normalized spacial score (nSPS) is 41.5. The molecule has 0 amide bonds. The SMILES string of the molecule is CC1CCC(CN2CCC(N)C2)C1. The van der Waals surface area contributed by atoms with E-state index in [1.807, 2.05) is 0 Å². The van der Waals surface area contributed by atoms with Gasteiger partial charge in [-0.1, -0.05) is 13.3 Å². The lowest BCUT2D eigenvalue weighted by atomic mass is 10.1. The van der Waals surface area contributed by atoms with Crippen LogP contribution in [0.4, 0.5) is 0 Å². The van der Waals surface area contributed by atoms with Crippen LogP contribution in [0.5, 0.6) is 0 Å². The molecule has 0 spiro atoms. The van der Waals surface area contributed by atoms with E-state index in [1.54, 1.807) is 0 Å². The van der Waals surface area contributed by atoms with Crippen molar-refractivity contribution >= 4 is 0 Å². The van der Waals surface area contributed by atoms with Crippen LogP contribution in [0, 0.1) is 11.8 Å². The lowest BCUT2D eigenvalue weighted by Crippen LogP contribution is -2.30. The summed E-state index contributed by atoms with van der Waals surface area (Å²) in [7, 11) is 0. The molecule has 76 valence electrons. The lowest BCUT2D eigenvalue weighted by Gasteiger charge is -2.19. The predicted octanol–water partition coefficient (Wildman–Crippen LogP) is 1.46. The molecule has 13 heavy (non-hydrogen) atoms. The van der Waals surface area contributed by atoms with Crippen LogP contribution in [-0.4, -0.2) is 30.6 Å². The van der Waals surface area contributed by atoms with Crippen LogP contribution in [0.15, 0.2) is 0 Å². The Morgan fingerprint density at radius 1 is 1.31 bits per heavy atom. The van der Waals surface area contributed by atoms with Crippen LogP contribution in [-0.2, 0) is 0 Å². The summed E-state index contributed by atoms with van der Waals surface area (Å²) in [5.41, 5.74) is 5.89. The highest BCUT2D eigenvalue weighted by Crippen LogP contribution is 2.31. The van der Waals surface area contributed by atoms with Gasteiger partial charge in [0.05, 0.1) is 0 Å². The Bertz CT molecular complexity index is 151. The zero-order valence-corrected chi connectivity index (χ0v) is 8.71. The molecular weight excluding hydrogens is 160 g/mol. The largest absolute Gasteiger partial charge is 0.326 e. The molecule has 0 aromatic carbocycles. The third-order valence-corrected chi connectivity index (χ3v) is 3.63. The molecule has 3 unspecified atom stereocenters. The molecule has 0 aromatic heterocycles. The Morgan fingerprint density at radius 3 is 2.69 bits per heavy atom. The molecule has 3 atom stereocenters. The van der Waals surface area contributed by atoms with E-state index in [1.165, 1.54) is 38.8 Å². The van der Waals surface area contributed by atoms with Gasteiger partial charge in [0.15, 0.2) is 0 Å². The van der Waals surface area contributed by atoms with E-state index >= 15 is 0 Å².